The number of phenolic OH excluding ortho intramolecular Hbond substituents is 1. The van der Waals surface area contributed by atoms with Crippen molar-refractivity contribution in [1.82, 2.24) is 14.5 Å². The molecule has 7 aromatic rings. The summed E-state index contributed by atoms with van der Waals surface area (Å²) in [4.78, 5) is 10.4. The molecule has 0 bridgehead atoms. The van der Waals surface area contributed by atoms with Crippen molar-refractivity contribution in [2.75, 3.05) is 0 Å². The molecule has 0 spiro atoms. The summed E-state index contributed by atoms with van der Waals surface area (Å²) < 4.78 is 2.34. The fourth-order valence-corrected chi connectivity index (χ4v) is 7.56. The van der Waals surface area contributed by atoms with Gasteiger partial charge in [-0.25, -0.2) is 4.98 Å². The molecule has 54 heavy (non-hydrogen) atoms. The van der Waals surface area contributed by atoms with Gasteiger partial charge in [0.25, 0.3) is 0 Å². The molecular weight excluding hydrogens is 659 g/mol. The lowest BCUT2D eigenvalue weighted by Crippen LogP contribution is -2.17. The molecule has 0 aliphatic rings. The van der Waals surface area contributed by atoms with Crippen molar-refractivity contribution >= 4 is 11.0 Å². The molecule has 0 aliphatic carbocycles. The molecule has 0 fully saturated rings. The third kappa shape index (κ3) is 6.86. The van der Waals surface area contributed by atoms with E-state index in [-0.39, 0.29) is 28.4 Å². The summed E-state index contributed by atoms with van der Waals surface area (Å²) in [6.45, 7) is 22.2. The first kappa shape index (κ1) is 36.9. The van der Waals surface area contributed by atoms with Gasteiger partial charge < -0.3 is 5.11 Å². The number of hydrogen-bond acceptors (Lipinski definition) is 3. The SMILES string of the molecule is CC(C)c1cccc(C(C)C)c1-n1c(-c2cc(C(C)(C)C)cc(C(C)(C)C)c2O)nc2c(-c3cccc(-c4cc(-c5ccccc5)ccn4)c3)cccc21. The van der Waals surface area contributed by atoms with Crippen LogP contribution in [0.25, 0.3) is 61.6 Å². The zero-order valence-electron chi connectivity index (χ0n) is 33.5. The van der Waals surface area contributed by atoms with Gasteiger partial charge in [-0.2, -0.15) is 0 Å². The van der Waals surface area contributed by atoms with E-state index in [0.717, 1.165) is 67.2 Å². The van der Waals surface area contributed by atoms with Crippen molar-refractivity contribution in [2.45, 2.75) is 91.9 Å². The van der Waals surface area contributed by atoms with E-state index in [1.54, 1.807) is 0 Å². The maximum absolute atomic E-state index is 12.3. The molecule has 274 valence electrons. The van der Waals surface area contributed by atoms with Crippen molar-refractivity contribution in [1.29, 1.82) is 0 Å². The number of fused-ring (bicyclic) bond motifs is 1. The van der Waals surface area contributed by atoms with Crippen LogP contribution in [0.15, 0.2) is 121 Å². The van der Waals surface area contributed by atoms with E-state index in [0.29, 0.717) is 0 Å². The number of para-hydroxylation sites is 2. The zero-order valence-corrected chi connectivity index (χ0v) is 33.5. The van der Waals surface area contributed by atoms with Crippen LogP contribution in [0, 0.1) is 0 Å². The maximum atomic E-state index is 12.3. The van der Waals surface area contributed by atoms with E-state index in [1.165, 1.54) is 16.7 Å². The first-order valence-electron chi connectivity index (χ1n) is 19.3. The largest absolute Gasteiger partial charge is 0.507 e. The molecule has 1 N–H and O–H groups in total. The number of benzene rings is 5. The van der Waals surface area contributed by atoms with Crippen molar-refractivity contribution < 1.29 is 5.11 Å². The molecular formula is C50H53N3O. The highest BCUT2D eigenvalue weighted by molar-refractivity contribution is 5.97. The smallest absolute Gasteiger partial charge is 0.149 e. The second-order valence-electron chi connectivity index (χ2n) is 17.3. The molecule has 0 unspecified atom stereocenters. The van der Waals surface area contributed by atoms with Gasteiger partial charge in [0.1, 0.15) is 11.6 Å². The van der Waals surface area contributed by atoms with Crippen molar-refractivity contribution in [3.8, 4) is 56.3 Å². The molecule has 7 rings (SSSR count). The molecule has 0 atom stereocenters. The lowest BCUT2D eigenvalue weighted by Gasteiger charge is -2.28. The van der Waals surface area contributed by atoms with Crippen LogP contribution in [0.5, 0.6) is 5.75 Å². The summed E-state index contributed by atoms with van der Waals surface area (Å²) in [5.41, 5.74) is 14.3. The number of nitrogens with zero attached hydrogens (tertiary/aromatic N) is 3. The maximum Gasteiger partial charge on any atom is 0.149 e. The summed E-state index contributed by atoms with van der Waals surface area (Å²) in [6, 6.07) is 40.8. The minimum atomic E-state index is -0.284. The molecule has 0 amide bonds. The minimum Gasteiger partial charge on any atom is -0.507 e. The Morgan fingerprint density at radius 1 is 0.574 bits per heavy atom. The van der Waals surface area contributed by atoms with Crippen LogP contribution in [0.4, 0.5) is 0 Å². The third-order valence-corrected chi connectivity index (χ3v) is 10.6. The van der Waals surface area contributed by atoms with Gasteiger partial charge >= 0.3 is 0 Å². The normalized spacial score (nSPS) is 12.3. The molecule has 0 saturated heterocycles. The van der Waals surface area contributed by atoms with Crippen LogP contribution in [-0.4, -0.2) is 19.6 Å². The summed E-state index contributed by atoms with van der Waals surface area (Å²) >= 11 is 0. The molecule has 2 heterocycles. The van der Waals surface area contributed by atoms with Crippen LogP contribution in [0.2, 0.25) is 0 Å². The highest BCUT2D eigenvalue weighted by Gasteiger charge is 2.30. The Labute approximate surface area is 321 Å². The second-order valence-corrected chi connectivity index (χ2v) is 17.3. The third-order valence-electron chi connectivity index (χ3n) is 10.6. The van der Waals surface area contributed by atoms with Gasteiger partial charge in [-0.05, 0) is 86.4 Å². The lowest BCUT2D eigenvalue weighted by atomic mass is 9.79. The van der Waals surface area contributed by atoms with Gasteiger partial charge in [0, 0.05) is 22.9 Å². The average Bonchev–Trinajstić information content (AvgIpc) is 3.53. The van der Waals surface area contributed by atoms with Crippen molar-refractivity contribution in [3.63, 3.8) is 0 Å². The molecule has 5 aromatic carbocycles. The number of imidazole rings is 1. The average molecular weight is 712 g/mol. The number of aromatic nitrogens is 3. The fraction of sp³-hybridized carbons (Fsp3) is 0.280. The topological polar surface area (TPSA) is 50.9 Å². The lowest BCUT2D eigenvalue weighted by molar-refractivity contribution is 0.446. The Bertz CT molecular complexity index is 2450. The van der Waals surface area contributed by atoms with Gasteiger partial charge in [-0.15, -0.1) is 0 Å². The van der Waals surface area contributed by atoms with Gasteiger partial charge in [0.15, 0.2) is 0 Å². The predicted octanol–water partition coefficient (Wildman–Crippen LogP) is 13.6. The summed E-state index contributed by atoms with van der Waals surface area (Å²) in [7, 11) is 0. The summed E-state index contributed by atoms with van der Waals surface area (Å²) in [5, 5.41) is 12.3. The fourth-order valence-electron chi connectivity index (χ4n) is 7.56. The first-order chi connectivity index (χ1) is 25.6. The van der Waals surface area contributed by atoms with E-state index in [9.17, 15) is 5.11 Å². The first-order valence-corrected chi connectivity index (χ1v) is 19.3. The van der Waals surface area contributed by atoms with Crippen LogP contribution in [0.1, 0.15) is 103 Å². The van der Waals surface area contributed by atoms with Crippen molar-refractivity contribution in [2.24, 2.45) is 0 Å². The number of pyridine rings is 1. The quantitative estimate of drug-likeness (QED) is 0.179. The number of hydrogen-bond donors (Lipinski definition) is 1. The Morgan fingerprint density at radius 3 is 1.85 bits per heavy atom. The van der Waals surface area contributed by atoms with Gasteiger partial charge in [0.05, 0.1) is 28.0 Å². The van der Waals surface area contributed by atoms with E-state index in [4.69, 9.17) is 9.97 Å². The van der Waals surface area contributed by atoms with Crippen LogP contribution >= 0.6 is 0 Å². The van der Waals surface area contributed by atoms with Crippen LogP contribution in [0.3, 0.4) is 0 Å². The van der Waals surface area contributed by atoms with Gasteiger partial charge in [-0.1, -0.05) is 154 Å². The zero-order chi connectivity index (χ0) is 38.5. The Balaban J connectivity index is 1.53. The van der Waals surface area contributed by atoms with E-state index < -0.39 is 0 Å². The number of phenols is 1. The standard InChI is InChI=1S/C50H53N3O/c1-31(2)38-21-15-22-39(32(3)4)46(38)53-44-24-16-23-40(35-19-14-20-36(27-35)43-28-34(25-26-51-43)33-17-12-11-13-18-33)45(44)52-48(53)41-29-37(49(5,6)7)30-42(47(41)54)50(8,9)10/h11-32,54H,1-10H3. The van der Waals surface area contributed by atoms with Crippen LogP contribution in [-0.2, 0) is 10.8 Å². The summed E-state index contributed by atoms with van der Waals surface area (Å²) in [5.74, 6) is 1.56. The Hall–Kier alpha value is -5.48. The Morgan fingerprint density at radius 2 is 1.20 bits per heavy atom. The highest BCUT2D eigenvalue weighted by atomic mass is 16.3. The second kappa shape index (κ2) is 14.1. The molecule has 0 aliphatic heterocycles. The molecule has 2 aromatic heterocycles. The number of aromatic hydroxyl groups is 1. The number of rotatable bonds is 7. The van der Waals surface area contributed by atoms with Gasteiger partial charge in [-0.3, -0.25) is 9.55 Å². The highest BCUT2D eigenvalue weighted by Crippen LogP contribution is 2.46. The molecule has 0 saturated carbocycles. The summed E-state index contributed by atoms with van der Waals surface area (Å²) in [6.07, 6.45) is 1.89. The van der Waals surface area contributed by atoms with Gasteiger partial charge in [0.2, 0.25) is 0 Å². The van der Waals surface area contributed by atoms with E-state index in [2.05, 4.69) is 183 Å². The monoisotopic (exact) mass is 711 g/mol. The molecule has 4 heteroatoms. The van der Waals surface area contributed by atoms with E-state index >= 15 is 0 Å². The molecule has 0 radical (unpaired) electrons. The predicted molar refractivity (Wildman–Crippen MR) is 228 cm³/mol. The van der Waals surface area contributed by atoms with E-state index in [1.807, 2.05) is 12.3 Å². The Kier molecular flexibility index (Phi) is 9.60. The molecule has 4 nitrogen and oxygen atoms in total. The minimum absolute atomic E-state index is 0.143. The van der Waals surface area contributed by atoms with Crippen molar-refractivity contribution in [3.05, 3.63) is 144 Å². The van der Waals surface area contributed by atoms with Crippen LogP contribution < -0.4 is 0 Å².